The summed E-state index contributed by atoms with van der Waals surface area (Å²) < 4.78 is 0. The molecule has 21 heavy (non-hydrogen) atoms. The van der Waals surface area contributed by atoms with Crippen LogP contribution in [0.2, 0.25) is 0 Å². The lowest BCUT2D eigenvalue weighted by atomic mass is 9.99. The molecule has 0 spiro atoms. The molecule has 0 fully saturated rings. The zero-order valence-electron chi connectivity index (χ0n) is 11.5. The summed E-state index contributed by atoms with van der Waals surface area (Å²) in [5.74, 6) is 0. The van der Waals surface area contributed by atoms with Crippen LogP contribution < -0.4 is 0 Å². The summed E-state index contributed by atoms with van der Waals surface area (Å²) in [5.41, 5.74) is 2.23. The predicted molar refractivity (Wildman–Crippen MR) is 84.5 cm³/mol. The Bertz CT molecular complexity index is 782. The lowest BCUT2D eigenvalue weighted by Crippen LogP contribution is -1.99. The molecular weight excluding hydrogens is 262 g/mol. The summed E-state index contributed by atoms with van der Waals surface area (Å²) in [6, 6.07) is 21.4. The third-order valence-corrected chi connectivity index (χ3v) is 3.69. The molecule has 0 aliphatic carbocycles. The summed E-state index contributed by atoms with van der Waals surface area (Å²) >= 11 is 0. The lowest BCUT2D eigenvalue weighted by molar-refractivity contribution is -0.383. The Morgan fingerprint density at radius 3 is 2.29 bits per heavy atom. The number of fused-ring (bicyclic) bond motifs is 1. The van der Waals surface area contributed by atoms with E-state index in [4.69, 9.17) is 0 Å². The lowest BCUT2D eigenvalue weighted by Gasteiger charge is -2.06. The van der Waals surface area contributed by atoms with Crippen LogP contribution in [0.5, 0.6) is 0 Å². The first-order chi connectivity index (χ1) is 10.3. The molecule has 0 aromatic heterocycles. The van der Waals surface area contributed by atoms with Crippen LogP contribution in [0.25, 0.3) is 10.8 Å². The predicted octanol–water partition coefficient (Wildman–Crippen LogP) is 4.53. The molecule has 0 radical (unpaired) electrons. The number of aryl methyl sites for hydroxylation is 2. The van der Waals surface area contributed by atoms with E-state index in [1.54, 1.807) is 0 Å². The van der Waals surface area contributed by atoms with Gasteiger partial charge in [-0.05, 0) is 29.9 Å². The molecule has 3 rings (SSSR count). The third-order valence-electron chi connectivity index (χ3n) is 3.69. The smallest absolute Gasteiger partial charge is 0.258 e. The van der Waals surface area contributed by atoms with Gasteiger partial charge in [0.1, 0.15) is 0 Å². The summed E-state index contributed by atoms with van der Waals surface area (Å²) in [6.07, 6.45) is 1.48. The first kappa shape index (κ1) is 13.3. The zero-order chi connectivity index (χ0) is 14.7. The Morgan fingerprint density at radius 1 is 0.810 bits per heavy atom. The number of nitro benzene ring substituents is 1. The van der Waals surface area contributed by atoms with Crippen molar-refractivity contribution in [1.29, 1.82) is 0 Å². The fourth-order valence-electron chi connectivity index (χ4n) is 2.64. The minimum absolute atomic E-state index is 0.240. The van der Waals surface area contributed by atoms with Crippen molar-refractivity contribution in [3.8, 4) is 0 Å². The van der Waals surface area contributed by atoms with E-state index in [-0.39, 0.29) is 10.6 Å². The van der Waals surface area contributed by atoms with Crippen LogP contribution in [0.15, 0.2) is 66.7 Å². The molecule has 0 N–H and O–H groups in total. The highest BCUT2D eigenvalue weighted by molar-refractivity contribution is 5.92. The molecule has 3 aromatic rings. The van der Waals surface area contributed by atoms with E-state index in [2.05, 4.69) is 0 Å². The molecule has 0 saturated heterocycles. The molecule has 104 valence electrons. The minimum atomic E-state index is -0.261. The fourth-order valence-corrected chi connectivity index (χ4v) is 2.64. The molecule has 0 bridgehead atoms. The van der Waals surface area contributed by atoms with Crippen molar-refractivity contribution in [2.75, 3.05) is 0 Å². The van der Waals surface area contributed by atoms with Gasteiger partial charge in [-0.25, -0.2) is 0 Å². The van der Waals surface area contributed by atoms with Gasteiger partial charge in [0.25, 0.3) is 5.69 Å². The first-order valence-electron chi connectivity index (χ1n) is 6.94. The molecule has 3 nitrogen and oxygen atoms in total. The van der Waals surface area contributed by atoms with E-state index in [9.17, 15) is 10.1 Å². The van der Waals surface area contributed by atoms with Crippen molar-refractivity contribution in [1.82, 2.24) is 0 Å². The highest BCUT2D eigenvalue weighted by atomic mass is 16.6. The van der Waals surface area contributed by atoms with Crippen LogP contribution in [0.3, 0.4) is 0 Å². The molecule has 0 aliphatic heterocycles. The number of rotatable bonds is 4. The summed E-state index contributed by atoms with van der Waals surface area (Å²) in [5, 5.41) is 13.1. The Morgan fingerprint density at radius 2 is 1.52 bits per heavy atom. The van der Waals surface area contributed by atoms with Gasteiger partial charge < -0.3 is 0 Å². The first-order valence-corrected chi connectivity index (χ1v) is 6.94. The van der Waals surface area contributed by atoms with Crippen LogP contribution in [0, 0.1) is 10.1 Å². The van der Waals surface area contributed by atoms with Crippen molar-refractivity contribution in [3.63, 3.8) is 0 Å². The molecule has 0 aliphatic rings. The minimum Gasteiger partial charge on any atom is -0.258 e. The second kappa shape index (κ2) is 5.75. The number of hydrogen-bond acceptors (Lipinski definition) is 2. The van der Waals surface area contributed by atoms with Gasteiger partial charge in [-0.2, -0.15) is 0 Å². The maximum Gasteiger partial charge on any atom is 0.280 e. The van der Waals surface area contributed by atoms with Crippen LogP contribution >= 0.6 is 0 Å². The van der Waals surface area contributed by atoms with Gasteiger partial charge in [0.15, 0.2) is 0 Å². The van der Waals surface area contributed by atoms with Crippen LogP contribution in [0.4, 0.5) is 5.69 Å². The van der Waals surface area contributed by atoms with Crippen LogP contribution in [0.1, 0.15) is 11.1 Å². The molecule has 0 heterocycles. The molecule has 0 saturated carbocycles. The van der Waals surface area contributed by atoms with Crippen LogP contribution in [-0.4, -0.2) is 4.92 Å². The highest BCUT2D eigenvalue weighted by Gasteiger charge is 2.17. The van der Waals surface area contributed by atoms with Crippen molar-refractivity contribution >= 4 is 16.5 Å². The summed E-state index contributed by atoms with van der Waals surface area (Å²) in [6.45, 7) is 0. The Labute approximate surface area is 123 Å². The van der Waals surface area contributed by atoms with Crippen molar-refractivity contribution in [2.24, 2.45) is 0 Å². The zero-order valence-corrected chi connectivity index (χ0v) is 11.5. The van der Waals surface area contributed by atoms with Gasteiger partial charge in [-0.3, -0.25) is 10.1 Å². The summed E-state index contributed by atoms with van der Waals surface area (Å²) in [7, 11) is 0. The Kier molecular flexibility index (Phi) is 3.65. The molecule has 0 unspecified atom stereocenters. The van der Waals surface area contributed by atoms with E-state index >= 15 is 0 Å². The number of nitro groups is 1. The molecule has 0 atom stereocenters. The van der Waals surface area contributed by atoms with E-state index in [0.29, 0.717) is 11.8 Å². The SMILES string of the molecule is O=[N+]([O-])c1c(CCc2ccccc2)ccc2ccccc12. The van der Waals surface area contributed by atoms with Gasteiger partial charge >= 0.3 is 0 Å². The molecule has 0 amide bonds. The fraction of sp³-hybridized carbons (Fsp3) is 0.111. The second-order valence-electron chi connectivity index (χ2n) is 5.04. The average Bonchev–Trinajstić information content (AvgIpc) is 2.53. The quantitative estimate of drug-likeness (QED) is 0.519. The Balaban J connectivity index is 1.98. The monoisotopic (exact) mass is 277 g/mol. The maximum absolute atomic E-state index is 11.5. The molecule has 3 heteroatoms. The van der Waals surface area contributed by atoms with Gasteiger partial charge in [0, 0.05) is 5.56 Å². The normalized spacial score (nSPS) is 10.7. The number of hydrogen-bond donors (Lipinski definition) is 0. The van der Waals surface area contributed by atoms with Crippen molar-refractivity contribution < 1.29 is 4.92 Å². The average molecular weight is 277 g/mol. The van der Waals surface area contributed by atoms with Gasteiger partial charge in [0.05, 0.1) is 10.3 Å². The largest absolute Gasteiger partial charge is 0.280 e. The van der Waals surface area contributed by atoms with E-state index in [0.717, 1.165) is 17.4 Å². The van der Waals surface area contributed by atoms with Gasteiger partial charge in [0.2, 0.25) is 0 Å². The molecule has 3 aromatic carbocycles. The maximum atomic E-state index is 11.5. The van der Waals surface area contributed by atoms with E-state index in [1.165, 1.54) is 5.56 Å². The molecular formula is C18H15NO2. The van der Waals surface area contributed by atoms with E-state index < -0.39 is 0 Å². The highest BCUT2D eigenvalue weighted by Crippen LogP contribution is 2.30. The van der Waals surface area contributed by atoms with Crippen molar-refractivity contribution in [2.45, 2.75) is 12.8 Å². The topological polar surface area (TPSA) is 43.1 Å². The second-order valence-corrected chi connectivity index (χ2v) is 5.04. The third kappa shape index (κ3) is 2.77. The summed E-state index contributed by atoms with van der Waals surface area (Å²) in [4.78, 5) is 11.2. The van der Waals surface area contributed by atoms with Crippen LogP contribution in [-0.2, 0) is 12.8 Å². The van der Waals surface area contributed by atoms with Gasteiger partial charge in [-0.1, -0.05) is 60.7 Å². The van der Waals surface area contributed by atoms with Crippen molar-refractivity contribution in [3.05, 3.63) is 88.0 Å². The number of benzene rings is 3. The number of nitrogens with zero attached hydrogens (tertiary/aromatic N) is 1. The standard InChI is InChI=1S/C18H15NO2/c20-19(21)18-16(11-10-14-6-2-1-3-7-14)13-12-15-8-4-5-9-17(15)18/h1-9,12-13H,10-11H2. The van der Waals surface area contributed by atoms with E-state index in [1.807, 2.05) is 66.7 Å². The Hall–Kier alpha value is -2.68. The van der Waals surface area contributed by atoms with Gasteiger partial charge in [-0.15, -0.1) is 0 Å².